The van der Waals surface area contributed by atoms with Gasteiger partial charge in [0.1, 0.15) is 0 Å². The Morgan fingerprint density at radius 2 is 2.29 bits per heavy atom. The average molecular weight is 240 g/mol. The van der Waals surface area contributed by atoms with Gasteiger partial charge in [-0.25, -0.2) is 4.68 Å². The Kier molecular flexibility index (Phi) is 6.81. The third-order valence-electron chi connectivity index (χ3n) is 2.62. The van der Waals surface area contributed by atoms with Gasteiger partial charge in [0.05, 0.1) is 24.9 Å². The Labute approximate surface area is 104 Å². The molecule has 0 aliphatic rings. The third kappa shape index (κ3) is 5.79. The maximum absolute atomic E-state index is 5.60. The van der Waals surface area contributed by atoms with Gasteiger partial charge < -0.3 is 10.1 Å². The lowest BCUT2D eigenvalue weighted by Gasteiger charge is -2.09. The molecule has 5 nitrogen and oxygen atoms in total. The van der Waals surface area contributed by atoms with Crippen LogP contribution in [-0.4, -0.2) is 34.2 Å². The lowest BCUT2D eigenvalue weighted by molar-refractivity contribution is 0.0562. The van der Waals surface area contributed by atoms with E-state index in [2.05, 4.69) is 36.4 Å². The molecular weight excluding hydrogens is 216 g/mol. The number of ether oxygens (including phenoxy) is 1. The zero-order valence-corrected chi connectivity index (χ0v) is 11.1. The Hall–Kier alpha value is -0.940. The summed E-state index contributed by atoms with van der Waals surface area (Å²) in [6, 6.07) is 0. The molecule has 1 N–H and O–H groups in total. The number of rotatable bonds is 9. The maximum Gasteiger partial charge on any atom is 0.0964 e. The second-order valence-corrected chi connectivity index (χ2v) is 4.24. The lowest BCUT2D eigenvalue weighted by Crippen LogP contribution is -2.14. The van der Waals surface area contributed by atoms with Gasteiger partial charge in [0.25, 0.3) is 0 Å². The van der Waals surface area contributed by atoms with Crippen LogP contribution in [0.1, 0.15) is 39.3 Å². The standard InChI is InChI=1S/C12H24N4O/c1-4-6-13-9-12-10-16(15-14-12)7-8-17-11(3)5-2/h10-11,13H,4-9H2,1-3H3. The predicted molar refractivity (Wildman–Crippen MR) is 67.7 cm³/mol. The molecule has 1 rings (SSSR count). The van der Waals surface area contributed by atoms with Gasteiger partial charge in [0.2, 0.25) is 0 Å². The van der Waals surface area contributed by atoms with Gasteiger partial charge in [-0.2, -0.15) is 0 Å². The van der Waals surface area contributed by atoms with Crippen LogP contribution in [0.15, 0.2) is 6.20 Å². The van der Waals surface area contributed by atoms with Crippen molar-refractivity contribution in [2.45, 2.75) is 52.8 Å². The minimum Gasteiger partial charge on any atom is -0.377 e. The third-order valence-corrected chi connectivity index (χ3v) is 2.62. The molecule has 0 spiro atoms. The van der Waals surface area contributed by atoms with Gasteiger partial charge in [0.15, 0.2) is 0 Å². The summed E-state index contributed by atoms with van der Waals surface area (Å²) in [6.07, 6.45) is 4.48. The van der Waals surface area contributed by atoms with Crippen molar-refractivity contribution in [2.24, 2.45) is 0 Å². The molecule has 0 bridgehead atoms. The second-order valence-electron chi connectivity index (χ2n) is 4.24. The van der Waals surface area contributed by atoms with Gasteiger partial charge >= 0.3 is 0 Å². The van der Waals surface area contributed by atoms with Crippen molar-refractivity contribution >= 4 is 0 Å². The number of aromatic nitrogens is 3. The molecule has 0 saturated heterocycles. The molecule has 0 radical (unpaired) electrons. The van der Waals surface area contributed by atoms with E-state index in [-0.39, 0.29) is 0 Å². The van der Waals surface area contributed by atoms with Gasteiger partial charge in [-0.05, 0) is 26.3 Å². The van der Waals surface area contributed by atoms with E-state index in [1.807, 2.05) is 10.9 Å². The van der Waals surface area contributed by atoms with E-state index in [9.17, 15) is 0 Å². The first-order chi connectivity index (χ1) is 8.26. The van der Waals surface area contributed by atoms with Crippen molar-refractivity contribution in [3.05, 3.63) is 11.9 Å². The van der Waals surface area contributed by atoms with Gasteiger partial charge in [-0.3, -0.25) is 0 Å². The summed E-state index contributed by atoms with van der Waals surface area (Å²) in [4.78, 5) is 0. The highest BCUT2D eigenvalue weighted by molar-refractivity contribution is 4.91. The fraction of sp³-hybridized carbons (Fsp3) is 0.833. The van der Waals surface area contributed by atoms with E-state index in [0.29, 0.717) is 12.7 Å². The van der Waals surface area contributed by atoms with E-state index in [1.165, 1.54) is 0 Å². The van der Waals surface area contributed by atoms with E-state index in [4.69, 9.17) is 4.74 Å². The summed E-state index contributed by atoms with van der Waals surface area (Å²) in [5, 5.41) is 11.5. The molecular formula is C12H24N4O. The van der Waals surface area contributed by atoms with Crippen LogP contribution in [0.3, 0.4) is 0 Å². The summed E-state index contributed by atoms with van der Waals surface area (Å²) >= 11 is 0. The van der Waals surface area contributed by atoms with Crippen molar-refractivity contribution in [3.63, 3.8) is 0 Å². The first kappa shape index (κ1) is 14.1. The zero-order valence-electron chi connectivity index (χ0n) is 11.1. The molecule has 0 aliphatic carbocycles. The molecule has 0 aromatic carbocycles. The monoisotopic (exact) mass is 240 g/mol. The summed E-state index contributed by atoms with van der Waals surface area (Å²) in [5.74, 6) is 0. The van der Waals surface area contributed by atoms with Gasteiger partial charge in [0, 0.05) is 12.7 Å². The topological polar surface area (TPSA) is 52.0 Å². The predicted octanol–water partition coefficient (Wildman–Crippen LogP) is 1.59. The van der Waals surface area contributed by atoms with E-state index in [1.54, 1.807) is 0 Å². The van der Waals surface area contributed by atoms with Crippen molar-refractivity contribution < 1.29 is 4.74 Å². The minimum absolute atomic E-state index is 0.323. The molecule has 98 valence electrons. The van der Waals surface area contributed by atoms with Gasteiger partial charge in [-0.15, -0.1) is 5.10 Å². The maximum atomic E-state index is 5.60. The van der Waals surface area contributed by atoms with Crippen LogP contribution in [0.4, 0.5) is 0 Å². The molecule has 0 saturated carbocycles. The summed E-state index contributed by atoms with van der Waals surface area (Å²) in [5.41, 5.74) is 0.988. The van der Waals surface area contributed by atoms with Crippen LogP contribution in [0, 0.1) is 0 Å². The first-order valence-electron chi connectivity index (χ1n) is 6.47. The summed E-state index contributed by atoms with van der Waals surface area (Å²) in [6.45, 7) is 9.63. The highest BCUT2D eigenvalue weighted by Gasteiger charge is 2.01. The molecule has 0 amide bonds. The number of hydrogen-bond donors (Lipinski definition) is 1. The Bertz CT molecular complexity index is 300. The lowest BCUT2D eigenvalue weighted by atomic mass is 10.3. The van der Waals surface area contributed by atoms with Crippen molar-refractivity contribution in [2.75, 3.05) is 13.2 Å². The Balaban J connectivity index is 2.21. The zero-order chi connectivity index (χ0) is 12.5. The highest BCUT2D eigenvalue weighted by atomic mass is 16.5. The normalized spacial score (nSPS) is 12.9. The Morgan fingerprint density at radius 3 is 3.00 bits per heavy atom. The largest absolute Gasteiger partial charge is 0.377 e. The molecule has 1 aromatic heterocycles. The molecule has 1 atom stereocenters. The quantitative estimate of drug-likeness (QED) is 0.666. The SMILES string of the molecule is CCCNCc1cn(CCOC(C)CC)nn1. The molecule has 17 heavy (non-hydrogen) atoms. The van der Waals surface area contributed by atoms with Crippen molar-refractivity contribution in [3.8, 4) is 0 Å². The van der Waals surface area contributed by atoms with Crippen LogP contribution in [0.25, 0.3) is 0 Å². The fourth-order valence-electron chi connectivity index (χ4n) is 1.39. The number of hydrogen-bond acceptors (Lipinski definition) is 4. The Morgan fingerprint density at radius 1 is 1.47 bits per heavy atom. The number of nitrogens with one attached hydrogen (secondary N) is 1. The van der Waals surface area contributed by atoms with Crippen LogP contribution >= 0.6 is 0 Å². The van der Waals surface area contributed by atoms with Crippen LogP contribution in [0.2, 0.25) is 0 Å². The molecule has 0 fully saturated rings. The molecule has 0 aliphatic heterocycles. The van der Waals surface area contributed by atoms with Crippen LogP contribution in [-0.2, 0) is 17.8 Å². The molecule has 5 heteroatoms. The van der Waals surface area contributed by atoms with E-state index >= 15 is 0 Å². The highest BCUT2D eigenvalue weighted by Crippen LogP contribution is 1.97. The van der Waals surface area contributed by atoms with E-state index in [0.717, 1.165) is 38.2 Å². The fourth-order valence-corrected chi connectivity index (χ4v) is 1.39. The molecule has 1 unspecified atom stereocenters. The minimum atomic E-state index is 0.323. The van der Waals surface area contributed by atoms with Crippen molar-refractivity contribution in [1.82, 2.24) is 20.3 Å². The smallest absolute Gasteiger partial charge is 0.0964 e. The average Bonchev–Trinajstić information content (AvgIpc) is 2.77. The van der Waals surface area contributed by atoms with Crippen LogP contribution in [0.5, 0.6) is 0 Å². The summed E-state index contributed by atoms with van der Waals surface area (Å²) in [7, 11) is 0. The van der Waals surface area contributed by atoms with Gasteiger partial charge in [-0.1, -0.05) is 19.1 Å². The molecule has 1 heterocycles. The van der Waals surface area contributed by atoms with E-state index < -0.39 is 0 Å². The van der Waals surface area contributed by atoms with Crippen molar-refractivity contribution in [1.29, 1.82) is 0 Å². The van der Waals surface area contributed by atoms with Crippen LogP contribution < -0.4 is 5.32 Å². The first-order valence-corrected chi connectivity index (χ1v) is 6.47. The number of nitrogens with zero attached hydrogens (tertiary/aromatic N) is 3. The summed E-state index contributed by atoms with van der Waals surface area (Å²) < 4.78 is 7.44. The second kappa shape index (κ2) is 8.20. The molecule has 1 aromatic rings.